The lowest BCUT2D eigenvalue weighted by Crippen LogP contribution is -2.03. The number of halogens is 1. The Labute approximate surface area is 132 Å². The van der Waals surface area contributed by atoms with Crippen molar-refractivity contribution in [3.8, 4) is 5.75 Å². The normalized spacial score (nSPS) is 11.9. The molecule has 1 aromatic heterocycles. The molecule has 1 heterocycles. The zero-order chi connectivity index (χ0) is 15.7. The van der Waals surface area contributed by atoms with E-state index in [-0.39, 0.29) is 0 Å². The monoisotopic (exact) mass is 315 g/mol. The number of oxime groups is 1. The first-order valence-corrected chi connectivity index (χ1v) is 7.07. The largest absolute Gasteiger partial charge is 0.497 e. The third-order valence-electron chi connectivity index (χ3n) is 3.58. The van der Waals surface area contributed by atoms with Crippen molar-refractivity contribution in [3.05, 3.63) is 64.4 Å². The summed E-state index contributed by atoms with van der Waals surface area (Å²) in [4.78, 5) is 0. The van der Waals surface area contributed by atoms with E-state index >= 15 is 0 Å². The van der Waals surface area contributed by atoms with Gasteiger partial charge in [-0.15, -0.1) is 0 Å². The maximum Gasteiger partial charge on any atom is 0.160 e. The van der Waals surface area contributed by atoms with Crippen LogP contribution in [0.3, 0.4) is 0 Å². The van der Waals surface area contributed by atoms with Crippen LogP contribution in [-0.4, -0.2) is 18.0 Å². The van der Waals surface area contributed by atoms with Gasteiger partial charge in [0.25, 0.3) is 0 Å². The van der Waals surface area contributed by atoms with Crippen LogP contribution in [-0.2, 0) is 0 Å². The number of rotatable bonds is 3. The summed E-state index contributed by atoms with van der Waals surface area (Å²) in [5.41, 5.74) is 2.67. The zero-order valence-electron chi connectivity index (χ0n) is 12.1. The van der Waals surface area contributed by atoms with Crippen LogP contribution in [0.4, 0.5) is 0 Å². The molecule has 0 aliphatic heterocycles. The smallest absolute Gasteiger partial charge is 0.160 e. The van der Waals surface area contributed by atoms with E-state index < -0.39 is 0 Å². The van der Waals surface area contributed by atoms with E-state index in [0.29, 0.717) is 27.8 Å². The molecule has 4 nitrogen and oxygen atoms in total. The van der Waals surface area contributed by atoms with E-state index in [2.05, 4.69) is 5.16 Å². The number of hydrogen-bond donors (Lipinski definition) is 1. The highest BCUT2D eigenvalue weighted by atomic mass is 35.5. The number of fused-ring (bicyclic) bond motifs is 1. The lowest BCUT2D eigenvalue weighted by molar-refractivity contribution is 0.318. The molecule has 5 heteroatoms. The summed E-state index contributed by atoms with van der Waals surface area (Å²) < 4.78 is 11.1. The molecule has 0 aliphatic rings. The Morgan fingerprint density at radius 3 is 2.55 bits per heavy atom. The number of aryl methyl sites for hydroxylation is 1. The van der Waals surface area contributed by atoms with Crippen molar-refractivity contribution >= 4 is 28.3 Å². The highest BCUT2D eigenvalue weighted by molar-refractivity contribution is 6.30. The molecule has 1 N–H and O–H groups in total. The van der Waals surface area contributed by atoms with Gasteiger partial charge in [-0.2, -0.15) is 0 Å². The average Bonchev–Trinajstić information content (AvgIpc) is 2.86. The summed E-state index contributed by atoms with van der Waals surface area (Å²) in [7, 11) is 1.60. The first-order valence-electron chi connectivity index (χ1n) is 6.69. The lowest BCUT2D eigenvalue weighted by atomic mass is 10.0. The van der Waals surface area contributed by atoms with Crippen LogP contribution in [0.25, 0.3) is 11.0 Å². The fourth-order valence-electron chi connectivity index (χ4n) is 2.40. The fourth-order valence-corrected chi connectivity index (χ4v) is 2.53. The molecule has 0 amide bonds. The first kappa shape index (κ1) is 14.5. The van der Waals surface area contributed by atoms with Crippen molar-refractivity contribution in [2.75, 3.05) is 7.11 Å². The SMILES string of the molecule is COc1ccc2c(C)c(/C(=N/O)c3ccc(Cl)cc3)oc2c1. The second kappa shape index (κ2) is 5.73. The van der Waals surface area contributed by atoms with Gasteiger partial charge in [0.05, 0.1) is 7.11 Å². The summed E-state index contributed by atoms with van der Waals surface area (Å²) in [5, 5.41) is 14.4. The van der Waals surface area contributed by atoms with Gasteiger partial charge >= 0.3 is 0 Å². The first-order chi connectivity index (χ1) is 10.6. The van der Waals surface area contributed by atoms with Crippen molar-refractivity contribution < 1.29 is 14.4 Å². The summed E-state index contributed by atoms with van der Waals surface area (Å²) in [5.74, 6) is 1.23. The Morgan fingerprint density at radius 2 is 1.91 bits per heavy atom. The van der Waals surface area contributed by atoms with Crippen molar-refractivity contribution in [2.45, 2.75) is 6.92 Å². The van der Waals surface area contributed by atoms with Gasteiger partial charge in [-0.3, -0.25) is 0 Å². The van der Waals surface area contributed by atoms with E-state index in [4.69, 9.17) is 20.8 Å². The summed E-state index contributed by atoms with van der Waals surface area (Å²) in [6.07, 6.45) is 0. The Kier molecular flexibility index (Phi) is 3.77. The van der Waals surface area contributed by atoms with Crippen molar-refractivity contribution in [2.24, 2.45) is 5.16 Å². The van der Waals surface area contributed by atoms with Crippen LogP contribution in [0.1, 0.15) is 16.9 Å². The van der Waals surface area contributed by atoms with Gasteiger partial charge in [0.2, 0.25) is 0 Å². The van der Waals surface area contributed by atoms with Crippen LogP contribution in [0, 0.1) is 6.92 Å². The Bertz CT molecular complexity index is 850. The average molecular weight is 316 g/mol. The summed E-state index contributed by atoms with van der Waals surface area (Å²) in [6.45, 7) is 1.93. The summed E-state index contributed by atoms with van der Waals surface area (Å²) >= 11 is 5.89. The second-order valence-corrected chi connectivity index (χ2v) is 5.31. The molecule has 22 heavy (non-hydrogen) atoms. The van der Waals surface area contributed by atoms with E-state index in [9.17, 15) is 5.21 Å². The molecule has 2 aromatic carbocycles. The van der Waals surface area contributed by atoms with Gasteiger partial charge in [0.1, 0.15) is 11.3 Å². The van der Waals surface area contributed by atoms with Crippen LogP contribution >= 0.6 is 11.6 Å². The standard InChI is InChI=1S/C17H14ClNO3/c1-10-14-8-7-13(21-2)9-15(14)22-17(10)16(19-20)11-3-5-12(18)6-4-11/h3-9,20H,1-2H3/b19-16+. The third kappa shape index (κ3) is 2.42. The number of nitrogens with zero attached hydrogens (tertiary/aromatic N) is 1. The Morgan fingerprint density at radius 1 is 1.18 bits per heavy atom. The number of methoxy groups -OCH3 is 1. The predicted octanol–water partition coefficient (Wildman–Crippen LogP) is 4.63. The van der Waals surface area contributed by atoms with Gasteiger partial charge in [-0.1, -0.05) is 28.9 Å². The van der Waals surface area contributed by atoms with Crippen LogP contribution in [0.2, 0.25) is 5.02 Å². The molecule has 3 rings (SSSR count). The topological polar surface area (TPSA) is 55.0 Å². The molecule has 3 aromatic rings. The maximum absolute atomic E-state index is 9.42. The predicted molar refractivity (Wildman–Crippen MR) is 86.4 cm³/mol. The van der Waals surface area contributed by atoms with E-state index in [0.717, 1.165) is 16.5 Å². The van der Waals surface area contributed by atoms with Gasteiger partial charge < -0.3 is 14.4 Å². The van der Waals surface area contributed by atoms with Crippen LogP contribution in [0.5, 0.6) is 5.75 Å². The van der Waals surface area contributed by atoms with E-state index in [1.165, 1.54) is 0 Å². The molecule has 0 atom stereocenters. The van der Waals surface area contributed by atoms with Crippen molar-refractivity contribution in [1.29, 1.82) is 0 Å². The Hall–Kier alpha value is -2.46. The molecule has 0 bridgehead atoms. The minimum Gasteiger partial charge on any atom is -0.497 e. The lowest BCUT2D eigenvalue weighted by Gasteiger charge is -2.03. The minimum absolute atomic E-state index is 0.365. The van der Waals surface area contributed by atoms with Gasteiger partial charge in [-0.25, -0.2) is 0 Å². The van der Waals surface area contributed by atoms with E-state index in [1.807, 2.05) is 25.1 Å². The summed E-state index contributed by atoms with van der Waals surface area (Å²) in [6, 6.07) is 12.6. The quantitative estimate of drug-likeness (QED) is 0.435. The molecule has 0 saturated carbocycles. The fraction of sp³-hybridized carbons (Fsp3) is 0.118. The number of hydrogen-bond acceptors (Lipinski definition) is 4. The minimum atomic E-state index is 0.365. The maximum atomic E-state index is 9.42. The van der Waals surface area contributed by atoms with Crippen LogP contribution in [0.15, 0.2) is 52.0 Å². The molecule has 0 spiro atoms. The number of furan rings is 1. The van der Waals surface area contributed by atoms with E-state index in [1.54, 1.807) is 31.4 Å². The number of benzene rings is 2. The van der Waals surface area contributed by atoms with Gasteiger partial charge in [-0.05, 0) is 31.2 Å². The number of ether oxygens (including phenoxy) is 1. The van der Waals surface area contributed by atoms with Crippen molar-refractivity contribution in [3.63, 3.8) is 0 Å². The molecule has 0 aliphatic carbocycles. The molecule has 0 radical (unpaired) electrons. The highest BCUT2D eigenvalue weighted by Gasteiger charge is 2.18. The second-order valence-electron chi connectivity index (χ2n) is 4.87. The molecule has 0 saturated heterocycles. The van der Waals surface area contributed by atoms with Gasteiger partial charge in [0.15, 0.2) is 11.5 Å². The van der Waals surface area contributed by atoms with Gasteiger partial charge in [0, 0.05) is 27.6 Å². The van der Waals surface area contributed by atoms with Crippen LogP contribution < -0.4 is 4.74 Å². The Balaban J connectivity index is 2.15. The molecule has 0 unspecified atom stereocenters. The molecular weight excluding hydrogens is 302 g/mol. The third-order valence-corrected chi connectivity index (χ3v) is 3.83. The zero-order valence-corrected chi connectivity index (χ0v) is 12.9. The highest BCUT2D eigenvalue weighted by Crippen LogP contribution is 2.30. The molecular formula is C17H14ClNO3. The van der Waals surface area contributed by atoms with Crippen molar-refractivity contribution in [1.82, 2.24) is 0 Å². The molecule has 112 valence electrons. The molecule has 0 fully saturated rings.